The Hall–Kier alpha value is -1.34. The maximum Gasteiger partial charge on any atom is 0.416 e. The van der Waals surface area contributed by atoms with Gasteiger partial charge in [-0.2, -0.15) is 13.2 Å². The number of nitrogens with one attached hydrogen (secondary N) is 2. The van der Waals surface area contributed by atoms with Crippen molar-refractivity contribution >= 4 is 40.5 Å². The number of hydrogen-bond acceptors (Lipinski definition) is 2. The summed E-state index contributed by atoms with van der Waals surface area (Å²) < 4.78 is 38.1. The first-order valence-electron chi connectivity index (χ1n) is 7.26. The predicted octanol–water partition coefficient (Wildman–Crippen LogP) is 4.75. The third-order valence-electron chi connectivity index (χ3n) is 3.75. The number of anilines is 1. The minimum absolute atomic E-state index is 0.00966. The molecule has 1 aliphatic rings. The molecular formula is C15H16ClF3N2OS. The topological polar surface area (TPSA) is 41.1 Å². The van der Waals surface area contributed by atoms with E-state index in [4.69, 9.17) is 23.8 Å². The molecule has 1 aliphatic carbocycles. The Morgan fingerprint density at radius 1 is 1.22 bits per heavy atom. The minimum atomic E-state index is -4.48. The first-order valence-corrected chi connectivity index (χ1v) is 8.04. The maximum atomic E-state index is 12.7. The summed E-state index contributed by atoms with van der Waals surface area (Å²) in [6.07, 6.45) is 0.243. The second kappa shape index (κ2) is 7.49. The highest BCUT2D eigenvalue weighted by Gasteiger charge is 2.31. The number of alkyl halides is 3. The van der Waals surface area contributed by atoms with Crippen LogP contribution in [-0.4, -0.2) is 11.0 Å². The molecule has 2 N–H and O–H groups in total. The largest absolute Gasteiger partial charge is 0.416 e. The van der Waals surface area contributed by atoms with E-state index in [2.05, 4.69) is 10.6 Å². The van der Waals surface area contributed by atoms with Crippen LogP contribution >= 0.6 is 23.8 Å². The van der Waals surface area contributed by atoms with E-state index in [-0.39, 0.29) is 27.6 Å². The smallest absolute Gasteiger partial charge is 0.331 e. The van der Waals surface area contributed by atoms with Crippen molar-refractivity contribution in [1.29, 1.82) is 0 Å². The van der Waals surface area contributed by atoms with Crippen molar-refractivity contribution < 1.29 is 18.0 Å². The van der Waals surface area contributed by atoms with Gasteiger partial charge in [-0.1, -0.05) is 30.9 Å². The number of hydrogen-bond donors (Lipinski definition) is 2. The van der Waals surface area contributed by atoms with Gasteiger partial charge in [0.1, 0.15) is 0 Å². The van der Waals surface area contributed by atoms with E-state index in [1.807, 2.05) is 0 Å². The molecule has 23 heavy (non-hydrogen) atoms. The van der Waals surface area contributed by atoms with Crippen LogP contribution in [0.15, 0.2) is 18.2 Å². The standard InChI is InChI=1S/C15H16ClF3N2OS/c16-11-7-6-10(15(17,18)19)8-12(11)20-14(23)21-13(22)9-4-2-1-3-5-9/h6-9H,1-5H2,(H2,20,21,22,23). The summed E-state index contributed by atoms with van der Waals surface area (Å²) >= 11 is 10.9. The number of carbonyl (C=O) groups excluding carboxylic acids is 1. The summed E-state index contributed by atoms with van der Waals surface area (Å²) in [5.41, 5.74) is -0.832. The van der Waals surface area contributed by atoms with Gasteiger partial charge in [0.25, 0.3) is 0 Å². The first-order chi connectivity index (χ1) is 10.8. The Labute approximate surface area is 142 Å². The van der Waals surface area contributed by atoms with Gasteiger partial charge in [0, 0.05) is 5.92 Å². The van der Waals surface area contributed by atoms with Crippen LogP contribution < -0.4 is 10.6 Å². The highest BCUT2D eigenvalue weighted by atomic mass is 35.5. The summed E-state index contributed by atoms with van der Waals surface area (Å²) in [6, 6.07) is 2.89. The van der Waals surface area contributed by atoms with Crippen LogP contribution in [0, 0.1) is 5.92 Å². The van der Waals surface area contributed by atoms with Crippen LogP contribution in [0.3, 0.4) is 0 Å². The molecule has 8 heteroatoms. The van der Waals surface area contributed by atoms with E-state index in [0.717, 1.165) is 50.3 Å². The van der Waals surface area contributed by atoms with Crippen molar-refractivity contribution in [3.63, 3.8) is 0 Å². The monoisotopic (exact) mass is 364 g/mol. The molecule has 0 bridgehead atoms. The van der Waals surface area contributed by atoms with E-state index < -0.39 is 11.7 Å². The lowest BCUT2D eigenvalue weighted by Crippen LogP contribution is -2.39. The molecule has 1 fully saturated rings. The Kier molecular flexibility index (Phi) is 5.86. The van der Waals surface area contributed by atoms with E-state index in [9.17, 15) is 18.0 Å². The molecule has 2 rings (SSSR count). The van der Waals surface area contributed by atoms with E-state index >= 15 is 0 Å². The summed E-state index contributed by atoms with van der Waals surface area (Å²) in [6.45, 7) is 0. The van der Waals surface area contributed by atoms with Gasteiger partial charge in [-0.25, -0.2) is 0 Å². The molecule has 0 spiro atoms. The van der Waals surface area contributed by atoms with Gasteiger partial charge in [-0.15, -0.1) is 0 Å². The Morgan fingerprint density at radius 3 is 2.48 bits per heavy atom. The van der Waals surface area contributed by atoms with E-state index in [1.165, 1.54) is 0 Å². The fourth-order valence-corrected chi connectivity index (χ4v) is 2.91. The quantitative estimate of drug-likeness (QED) is 0.744. The van der Waals surface area contributed by atoms with Crippen LogP contribution in [0.1, 0.15) is 37.7 Å². The van der Waals surface area contributed by atoms with E-state index in [0.29, 0.717) is 0 Å². The molecular weight excluding hydrogens is 349 g/mol. The van der Waals surface area contributed by atoms with Crippen molar-refractivity contribution in [2.24, 2.45) is 5.92 Å². The zero-order chi connectivity index (χ0) is 17.0. The van der Waals surface area contributed by atoms with Crippen molar-refractivity contribution in [3.05, 3.63) is 28.8 Å². The Morgan fingerprint density at radius 2 is 1.87 bits per heavy atom. The predicted molar refractivity (Wildman–Crippen MR) is 87.4 cm³/mol. The lowest BCUT2D eigenvalue weighted by molar-refractivity contribution is -0.137. The number of rotatable bonds is 2. The lowest BCUT2D eigenvalue weighted by Gasteiger charge is -2.21. The van der Waals surface area contributed by atoms with Crippen LogP contribution in [0.25, 0.3) is 0 Å². The third-order valence-corrected chi connectivity index (χ3v) is 4.29. The lowest BCUT2D eigenvalue weighted by atomic mass is 9.89. The average molecular weight is 365 g/mol. The number of thiocarbonyl (C=S) groups is 1. The van der Waals surface area contributed by atoms with Crippen LogP contribution in [0.5, 0.6) is 0 Å². The van der Waals surface area contributed by atoms with Crippen molar-refractivity contribution in [1.82, 2.24) is 5.32 Å². The van der Waals surface area contributed by atoms with Gasteiger partial charge in [0.2, 0.25) is 5.91 Å². The molecule has 0 aromatic heterocycles. The Balaban J connectivity index is 2.00. The van der Waals surface area contributed by atoms with Gasteiger partial charge in [-0.3, -0.25) is 4.79 Å². The van der Waals surface area contributed by atoms with Crippen LogP contribution in [-0.2, 0) is 11.0 Å². The highest BCUT2D eigenvalue weighted by molar-refractivity contribution is 7.80. The molecule has 0 radical (unpaired) electrons. The fraction of sp³-hybridized carbons (Fsp3) is 0.467. The van der Waals surface area contributed by atoms with Crippen molar-refractivity contribution in [3.8, 4) is 0 Å². The molecule has 126 valence electrons. The SMILES string of the molecule is O=C(NC(=S)Nc1cc(C(F)(F)F)ccc1Cl)C1CCCCC1. The zero-order valence-electron chi connectivity index (χ0n) is 12.2. The average Bonchev–Trinajstić information content (AvgIpc) is 2.49. The molecule has 0 unspecified atom stereocenters. The number of benzene rings is 1. The number of amides is 1. The molecule has 0 atom stereocenters. The third kappa shape index (κ3) is 5.07. The van der Waals surface area contributed by atoms with Crippen molar-refractivity contribution in [2.75, 3.05) is 5.32 Å². The molecule has 0 heterocycles. The van der Waals surface area contributed by atoms with E-state index in [1.54, 1.807) is 0 Å². The summed E-state index contributed by atoms with van der Waals surface area (Å²) in [7, 11) is 0. The second-order valence-electron chi connectivity index (χ2n) is 5.47. The van der Waals surface area contributed by atoms with Crippen molar-refractivity contribution in [2.45, 2.75) is 38.3 Å². The van der Waals surface area contributed by atoms with Gasteiger partial charge < -0.3 is 10.6 Å². The summed E-state index contributed by atoms with van der Waals surface area (Å²) in [4.78, 5) is 12.1. The summed E-state index contributed by atoms with van der Waals surface area (Å²) in [5, 5.41) is 5.12. The van der Waals surface area contributed by atoms with Gasteiger partial charge in [-0.05, 0) is 43.3 Å². The molecule has 1 aromatic carbocycles. The summed E-state index contributed by atoms with van der Waals surface area (Å²) in [5.74, 6) is -0.300. The normalized spacial score (nSPS) is 16.0. The molecule has 0 saturated heterocycles. The maximum absolute atomic E-state index is 12.7. The number of carbonyl (C=O) groups is 1. The molecule has 1 amide bonds. The Bertz CT molecular complexity index is 601. The second-order valence-corrected chi connectivity index (χ2v) is 6.29. The zero-order valence-corrected chi connectivity index (χ0v) is 13.7. The molecule has 0 aliphatic heterocycles. The minimum Gasteiger partial charge on any atom is -0.331 e. The van der Waals surface area contributed by atoms with Gasteiger partial charge >= 0.3 is 6.18 Å². The van der Waals surface area contributed by atoms with Crippen LogP contribution in [0.4, 0.5) is 18.9 Å². The van der Waals surface area contributed by atoms with Gasteiger partial charge in [0.05, 0.1) is 16.3 Å². The highest BCUT2D eigenvalue weighted by Crippen LogP contribution is 2.33. The van der Waals surface area contributed by atoms with Gasteiger partial charge in [0.15, 0.2) is 5.11 Å². The molecule has 1 aromatic rings. The molecule has 1 saturated carbocycles. The number of halogens is 4. The molecule has 3 nitrogen and oxygen atoms in total. The first kappa shape index (κ1) is 18.0. The van der Waals surface area contributed by atoms with Crippen LogP contribution in [0.2, 0.25) is 5.02 Å². The fourth-order valence-electron chi connectivity index (χ4n) is 2.53.